The Hall–Kier alpha value is -0.460. The van der Waals surface area contributed by atoms with Gasteiger partial charge in [0.05, 0.1) is 5.76 Å². The summed E-state index contributed by atoms with van der Waals surface area (Å²) < 4.78 is 0. The Morgan fingerprint density at radius 2 is 2.00 bits per heavy atom. The van der Waals surface area contributed by atoms with E-state index in [1.807, 2.05) is 0 Å². The van der Waals surface area contributed by atoms with Crippen molar-refractivity contribution in [2.75, 3.05) is 0 Å². The summed E-state index contributed by atoms with van der Waals surface area (Å²) in [6, 6.07) is 0. The van der Waals surface area contributed by atoms with E-state index in [1.54, 1.807) is 19.9 Å². The van der Waals surface area contributed by atoms with E-state index in [9.17, 15) is 0 Å². The van der Waals surface area contributed by atoms with Crippen molar-refractivity contribution in [2.24, 2.45) is 0 Å². The first kappa shape index (κ1) is 4.54. The molecule has 0 unspecified atom stereocenters. The number of allylic oxidation sites excluding steroid dienone is 2. The van der Waals surface area contributed by atoms with Gasteiger partial charge in [0.25, 0.3) is 0 Å². The van der Waals surface area contributed by atoms with E-state index < -0.39 is 0 Å². The molecule has 5 heavy (non-hydrogen) atoms. The maximum atomic E-state index is 8.22. The van der Waals surface area contributed by atoms with Gasteiger partial charge in [-0.1, -0.05) is 6.08 Å². The van der Waals surface area contributed by atoms with Crippen molar-refractivity contribution in [3.63, 3.8) is 0 Å². The molecule has 1 nitrogen and oxygen atoms in total. The molecule has 0 saturated heterocycles. The van der Waals surface area contributed by atoms with E-state index in [1.165, 1.54) is 0 Å². The molecule has 0 aromatic heterocycles. The van der Waals surface area contributed by atoms with E-state index in [-0.39, 0.29) is 0 Å². The molecule has 0 saturated carbocycles. The summed E-state index contributed by atoms with van der Waals surface area (Å²) in [7, 11) is 0. The number of rotatable bonds is 0. The summed E-state index contributed by atoms with van der Waals surface area (Å²) in [5.74, 6) is 0.380. The third-order valence-corrected chi connectivity index (χ3v) is 0.418. The second kappa shape index (κ2) is 1.82. The van der Waals surface area contributed by atoms with Gasteiger partial charge in [0.2, 0.25) is 0 Å². The Morgan fingerprint density at radius 1 is 1.80 bits per heavy atom. The summed E-state index contributed by atoms with van der Waals surface area (Å²) in [6.45, 7) is 3.43. The van der Waals surface area contributed by atoms with Gasteiger partial charge >= 0.3 is 0 Å². The molecule has 1 N–H and O–H groups in total. The summed E-state index contributed by atoms with van der Waals surface area (Å²) in [6.07, 6.45) is 1.64. The summed E-state index contributed by atoms with van der Waals surface area (Å²) in [5.41, 5.74) is 0. The lowest BCUT2D eigenvalue weighted by molar-refractivity contribution is 0.413. The zero-order valence-corrected chi connectivity index (χ0v) is 3.52. The van der Waals surface area contributed by atoms with Crippen LogP contribution in [-0.4, -0.2) is 5.11 Å². The maximum absolute atomic E-state index is 8.22. The third kappa shape index (κ3) is 3.54. The van der Waals surface area contributed by atoms with Gasteiger partial charge in [-0.05, 0) is 13.8 Å². The van der Waals surface area contributed by atoms with Gasteiger partial charge in [-0.15, -0.1) is 0 Å². The average molecular weight is 72.1 g/mol. The molecular formula is C4H8O. The quantitative estimate of drug-likeness (QED) is 0.429. The molecule has 0 aliphatic heterocycles. The van der Waals surface area contributed by atoms with Crippen molar-refractivity contribution in [1.29, 1.82) is 0 Å². The zero-order chi connectivity index (χ0) is 4.28. The summed E-state index contributed by atoms with van der Waals surface area (Å²) in [5, 5.41) is 8.22. The van der Waals surface area contributed by atoms with Gasteiger partial charge in [-0.2, -0.15) is 0 Å². The van der Waals surface area contributed by atoms with Crippen molar-refractivity contribution >= 4 is 0 Å². The van der Waals surface area contributed by atoms with Crippen molar-refractivity contribution in [2.45, 2.75) is 13.8 Å². The lowest BCUT2D eigenvalue weighted by atomic mass is 10.5. The Bertz CT molecular complexity index is 41.6. The van der Waals surface area contributed by atoms with Crippen LogP contribution in [0.15, 0.2) is 11.8 Å². The van der Waals surface area contributed by atoms with Crippen LogP contribution in [0.5, 0.6) is 0 Å². The highest BCUT2D eigenvalue weighted by Crippen LogP contribution is 1.77. The molecule has 30 valence electrons. The minimum Gasteiger partial charge on any atom is -0.513 e. The molecule has 0 amide bonds. The highest BCUT2D eigenvalue weighted by molar-refractivity contribution is 4.79. The molecule has 0 heterocycles. The van der Waals surface area contributed by atoms with Gasteiger partial charge in [0.15, 0.2) is 0 Å². The molecule has 0 aromatic carbocycles. The maximum Gasteiger partial charge on any atom is 0.0849 e. The Kier molecular flexibility index (Phi) is 1.65. The fourth-order valence-electron chi connectivity index (χ4n) is 0. The van der Waals surface area contributed by atoms with E-state index in [0.29, 0.717) is 5.76 Å². The molecule has 0 aliphatic rings. The molecule has 0 aromatic rings. The SMILES string of the molecule is C/C=C(/C)O. The van der Waals surface area contributed by atoms with Crippen molar-refractivity contribution in [1.82, 2.24) is 0 Å². The molecule has 1 heteroatoms. The topological polar surface area (TPSA) is 20.2 Å². The molecule has 0 rings (SSSR count). The highest BCUT2D eigenvalue weighted by Gasteiger charge is 1.63. The van der Waals surface area contributed by atoms with Gasteiger partial charge in [-0.25, -0.2) is 0 Å². The molecule has 0 fully saturated rings. The van der Waals surface area contributed by atoms with E-state index in [4.69, 9.17) is 5.11 Å². The van der Waals surface area contributed by atoms with Gasteiger partial charge in [0, 0.05) is 0 Å². The predicted octanol–water partition coefficient (Wildman–Crippen LogP) is 1.47. The van der Waals surface area contributed by atoms with E-state index in [0.717, 1.165) is 0 Å². The van der Waals surface area contributed by atoms with E-state index >= 15 is 0 Å². The zero-order valence-electron chi connectivity index (χ0n) is 3.52. The minimum absolute atomic E-state index is 0.380. The molecule has 0 radical (unpaired) electrons. The second-order valence-electron chi connectivity index (χ2n) is 0.930. The standard InChI is InChI=1S/C4H8O/c1-3-4(2)5/h3,5H,1-2H3/b4-3-. The fourth-order valence-corrected chi connectivity index (χ4v) is 0. The van der Waals surface area contributed by atoms with Crippen LogP contribution in [0.3, 0.4) is 0 Å². The lowest BCUT2D eigenvalue weighted by Crippen LogP contribution is -1.60. The first-order valence-electron chi connectivity index (χ1n) is 1.59. The molecule has 0 aliphatic carbocycles. The monoisotopic (exact) mass is 72.1 g/mol. The summed E-state index contributed by atoms with van der Waals surface area (Å²) in [4.78, 5) is 0. The number of aliphatic hydroxyl groups is 1. The van der Waals surface area contributed by atoms with Gasteiger partial charge in [0.1, 0.15) is 0 Å². The van der Waals surface area contributed by atoms with Crippen LogP contribution >= 0.6 is 0 Å². The molecular weight excluding hydrogens is 64.0 g/mol. The van der Waals surface area contributed by atoms with Crippen molar-refractivity contribution in [3.8, 4) is 0 Å². The van der Waals surface area contributed by atoms with Crippen LogP contribution < -0.4 is 0 Å². The van der Waals surface area contributed by atoms with Crippen LogP contribution in [0.4, 0.5) is 0 Å². The average Bonchev–Trinajstić information content (AvgIpc) is 1.38. The first-order chi connectivity index (χ1) is 2.27. The van der Waals surface area contributed by atoms with Gasteiger partial charge in [-0.3, -0.25) is 0 Å². The highest BCUT2D eigenvalue weighted by atomic mass is 16.3. The molecule has 0 bridgehead atoms. The van der Waals surface area contributed by atoms with Gasteiger partial charge < -0.3 is 5.11 Å². The van der Waals surface area contributed by atoms with Crippen LogP contribution in [0.25, 0.3) is 0 Å². The number of aliphatic hydroxyl groups excluding tert-OH is 1. The predicted molar refractivity (Wildman–Crippen MR) is 22.1 cm³/mol. The normalized spacial score (nSPS) is 12.0. The van der Waals surface area contributed by atoms with Crippen LogP contribution in [0.1, 0.15) is 13.8 Å². The first-order valence-corrected chi connectivity index (χ1v) is 1.59. The Morgan fingerprint density at radius 3 is 2.00 bits per heavy atom. The van der Waals surface area contributed by atoms with E-state index in [2.05, 4.69) is 0 Å². The number of hydrogen-bond donors (Lipinski definition) is 1. The lowest BCUT2D eigenvalue weighted by Gasteiger charge is -1.75. The Labute approximate surface area is 31.9 Å². The largest absolute Gasteiger partial charge is 0.513 e. The van der Waals surface area contributed by atoms with Crippen LogP contribution in [0, 0.1) is 0 Å². The van der Waals surface area contributed by atoms with Crippen molar-refractivity contribution < 1.29 is 5.11 Å². The molecule has 0 spiro atoms. The smallest absolute Gasteiger partial charge is 0.0849 e. The fraction of sp³-hybridized carbons (Fsp3) is 0.500. The van der Waals surface area contributed by atoms with Crippen molar-refractivity contribution in [3.05, 3.63) is 11.8 Å². The number of hydrogen-bond acceptors (Lipinski definition) is 1. The van der Waals surface area contributed by atoms with Crippen LogP contribution in [0.2, 0.25) is 0 Å². The third-order valence-electron chi connectivity index (χ3n) is 0.418. The second-order valence-corrected chi connectivity index (χ2v) is 0.930. The Balaban J connectivity index is 3.14. The molecule has 0 atom stereocenters. The summed E-state index contributed by atoms with van der Waals surface area (Å²) >= 11 is 0. The van der Waals surface area contributed by atoms with Crippen LogP contribution in [-0.2, 0) is 0 Å². The minimum atomic E-state index is 0.380.